The summed E-state index contributed by atoms with van der Waals surface area (Å²) in [6, 6.07) is 18.5. The number of hydrogen-bond donors (Lipinski definition) is 1. The monoisotopic (exact) mass is 337 g/mol. The first-order valence-electron chi connectivity index (χ1n) is 8.27. The quantitative estimate of drug-likeness (QED) is 0.712. The Hall–Kier alpha value is -2.88. The highest BCUT2D eigenvalue weighted by Gasteiger charge is 2.08. The fourth-order valence-electron chi connectivity index (χ4n) is 2.61. The van der Waals surface area contributed by atoms with Crippen molar-refractivity contribution in [2.24, 2.45) is 0 Å². The fraction of sp³-hybridized carbons (Fsp3) is 0.190. The lowest BCUT2D eigenvalue weighted by Gasteiger charge is -2.06. The molecular formula is C21H20FNO2. The van der Waals surface area contributed by atoms with Crippen LogP contribution in [0.1, 0.15) is 23.3 Å². The number of nitrogens with one attached hydrogen (secondary N) is 1. The van der Waals surface area contributed by atoms with Crippen molar-refractivity contribution in [1.29, 1.82) is 0 Å². The maximum Gasteiger partial charge on any atom is 0.220 e. The smallest absolute Gasteiger partial charge is 0.220 e. The van der Waals surface area contributed by atoms with Crippen LogP contribution in [0.15, 0.2) is 65.1 Å². The van der Waals surface area contributed by atoms with E-state index in [1.165, 1.54) is 6.07 Å². The molecule has 1 N–H and O–H groups in total. The van der Waals surface area contributed by atoms with Gasteiger partial charge in [-0.15, -0.1) is 0 Å². The van der Waals surface area contributed by atoms with Crippen LogP contribution < -0.4 is 5.32 Å². The zero-order chi connectivity index (χ0) is 17.6. The third-order valence-electron chi connectivity index (χ3n) is 4.03. The minimum atomic E-state index is -0.234. The van der Waals surface area contributed by atoms with Gasteiger partial charge in [0.1, 0.15) is 17.3 Å². The molecule has 128 valence electrons. The second-order valence-electron chi connectivity index (χ2n) is 5.99. The summed E-state index contributed by atoms with van der Waals surface area (Å²) < 4.78 is 19.0. The van der Waals surface area contributed by atoms with Gasteiger partial charge in [-0.05, 0) is 36.2 Å². The molecule has 0 saturated carbocycles. The molecule has 0 aliphatic heterocycles. The van der Waals surface area contributed by atoms with Crippen molar-refractivity contribution in [2.45, 2.75) is 26.3 Å². The minimum Gasteiger partial charge on any atom is -0.461 e. The van der Waals surface area contributed by atoms with Gasteiger partial charge in [0.25, 0.3) is 0 Å². The lowest BCUT2D eigenvalue weighted by Crippen LogP contribution is -2.23. The summed E-state index contributed by atoms with van der Waals surface area (Å²) in [5.74, 6) is 1.30. The van der Waals surface area contributed by atoms with Crippen molar-refractivity contribution in [3.05, 3.63) is 83.4 Å². The average molecular weight is 337 g/mol. The number of rotatable bonds is 6. The first-order chi connectivity index (χ1) is 12.1. The molecule has 0 saturated heterocycles. The highest BCUT2D eigenvalue weighted by molar-refractivity contribution is 5.76. The van der Waals surface area contributed by atoms with E-state index in [2.05, 4.69) is 5.32 Å². The number of hydrogen-bond acceptors (Lipinski definition) is 2. The summed E-state index contributed by atoms with van der Waals surface area (Å²) in [6.45, 7) is 2.11. The van der Waals surface area contributed by atoms with Gasteiger partial charge < -0.3 is 9.73 Å². The number of carbonyl (C=O) groups is 1. The number of benzene rings is 2. The Bertz CT molecular complexity index is 855. The first-order valence-corrected chi connectivity index (χ1v) is 8.27. The zero-order valence-corrected chi connectivity index (χ0v) is 14.1. The summed E-state index contributed by atoms with van der Waals surface area (Å²) >= 11 is 0. The molecule has 1 amide bonds. The van der Waals surface area contributed by atoms with Gasteiger partial charge in [0.15, 0.2) is 0 Å². The molecule has 0 bridgehead atoms. The summed E-state index contributed by atoms with van der Waals surface area (Å²) in [7, 11) is 0. The number of aryl methyl sites for hydroxylation is 2. The molecule has 0 aliphatic carbocycles. The van der Waals surface area contributed by atoms with Crippen LogP contribution in [0.3, 0.4) is 0 Å². The largest absolute Gasteiger partial charge is 0.461 e. The van der Waals surface area contributed by atoms with Crippen molar-refractivity contribution in [2.75, 3.05) is 0 Å². The van der Waals surface area contributed by atoms with Crippen molar-refractivity contribution in [3.63, 3.8) is 0 Å². The Morgan fingerprint density at radius 2 is 1.88 bits per heavy atom. The van der Waals surface area contributed by atoms with E-state index in [1.54, 1.807) is 19.1 Å². The van der Waals surface area contributed by atoms with Crippen molar-refractivity contribution < 1.29 is 13.6 Å². The van der Waals surface area contributed by atoms with Gasteiger partial charge in [-0.1, -0.05) is 42.5 Å². The molecule has 3 aromatic rings. The van der Waals surface area contributed by atoms with Gasteiger partial charge in [0.2, 0.25) is 5.91 Å². The number of carbonyl (C=O) groups excluding carboxylic acids is 1. The molecule has 3 rings (SSSR count). The van der Waals surface area contributed by atoms with E-state index in [0.717, 1.165) is 22.6 Å². The van der Waals surface area contributed by atoms with E-state index in [1.807, 2.05) is 42.5 Å². The third-order valence-corrected chi connectivity index (χ3v) is 4.03. The van der Waals surface area contributed by atoms with E-state index in [9.17, 15) is 9.18 Å². The molecule has 0 aliphatic rings. The summed E-state index contributed by atoms with van der Waals surface area (Å²) in [4.78, 5) is 12.0. The van der Waals surface area contributed by atoms with E-state index < -0.39 is 0 Å². The Labute approximate surface area is 146 Å². The van der Waals surface area contributed by atoms with E-state index in [-0.39, 0.29) is 11.7 Å². The predicted molar refractivity (Wildman–Crippen MR) is 95.4 cm³/mol. The zero-order valence-electron chi connectivity index (χ0n) is 14.1. The molecule has 25 heavy (non-hydrogen) atoms. The highest BCUT2D eigenvalue weighted by atomic mass is 19.1. The summed E-state index contributed by atoms with van der Waals surface area (Å²) in [5, 5.41) is 2.85. The van der Waals surface area contributed by atoms with Crippen molar-refractivity contribution >= 4 is 5.91 Å². The minimum absolute atomic E-state index is 0.0559. The molecule has 0 unspecified atom stereocenters. The van der Waals surface area contributed by atoms with Crippen LogP contribution in [0, 0.1) is 12.7 Å². The molecule has 3 nitrogen and oxygen atoms in total. The third kappa shape index (κ3) is 4.57. The number of halogens is 1. The van der Waals surface area contributed by atoms with Crippen molar-refractivity contribution in [3.8, 4) is 11.3 Å². The van der Waals surface area contributed by atoms with Crippen LogP contribution in [-0.4, -0.2) is 5.91 Å². The fourth-order valence-corrected chi connectivity index (χ4v) is 2.61. The molecular weight excluding hydrogens is 317 g/mol. The molecule has 4 heteroatoms. The lowest BCUT2D eigenvalue weighted by atomic mass is 10.1. The van der Waals surface area contributed by atoms with Crippen LogP contribution in [0.5, 0.6) is 0 Å². The average Bonchev–Trinajstić information content (AvgIpc) is 3.11. The Morgan fingerprint density at radius 3 is 2.64 bits per heavy atom. The molecule has 0 atom stereocenters. The van der Waals surface area contributed by atoms with Gasteiger partial charge in [0, 0.05) is 24.9 Å². The Kier molecular flexibility index (Phi) is 5.29. The maximum absolute atomic E-state index is 13.2. The molecule has 2 aromatic carbocycles. The predicted octanol–water partition coefficient (Wildman–Crippen LogP) is 4.64. The second-order valence-corrected chi connectivity index (χ2v) is 5.99. The molecule has 1 heterocycles. The lowest BCUT2D eigenvalue weighted by molar-refractivity contribution is -0.121. The van der Waals surface area contributed by atoms with Crippen LogP contribution in [0.4, 0.5) is 4.39 Å². The van der Waals surface area contributed by atoms with Crippen molar-refractivity contribution in [1.82, 2.24) is 5.32 Å². The van der Waals surface area contributed by atoms with Gasteiger partial charge in [-0.2, -0.15) is 0 Å². The van der Waals surface area contributed by atoms with Crippen LogP contribution in [0.25, 0.3) is 11.3 Å². The van der Waals surface area contributed by atoms with Crippen LogP contribution >= 0.6 is 0 Å². The Balaban J connectivity index is 1.49. The maximum atomic E-state index is 13.2. The molecule has 1 aromatic heterocycles. The summed E-state index contributed by atoms with van der Waals surface area (Å²) in [6.07, 6.45) is 0.892. The van der Waals surface area contributed by atoms with Crippen LogP contribution in [0.2, 0.25) is 0 Å². The normalized spacial score (nSPS) is 10.6. The second kappa shape index (κ2) is 7.79. The molecule has 0 spiro atoms. The van der Waals surface area contributed by atoms with Gasteiger partial charge >= 0.3 is 0 Å². The van der Waals surface area contributed by atoms with E-state index in [4.69, 9.17) is 4.42 Å². The number of furan rings is 1. The molecule has 0 radical (unpaired) electrons. The van der Waals surface area contributed by atoms with Gasteiger partial charge in [-0.25, -0.2) is 4.39 Å². The topological polar surface area (TPSA) is 42.2 Å². The number of amides is 1. The van der Waals surface area contributed by atoms with Crippen LogP contribution in [-0.2, 0) is 17.8 Å². The molecule has 0 fully saturated rings. The SMILES string of the molecule is Cc1cc(CNC(=O)CCc2ccc(-c3ccccc3)o2)ccc1F. The Morgan fingerprint density at radius 1 is 1.08 bits per heavy atom. The highest BCUT2D eigenvalue weighted by Crippen LogP contribution is 2.22. The first kappa shape index (κ1) is 17.0. The van der Waals surface area contributed by atoms with E-state index >= 15 is 0 Å². The van der Waals surface area contributed by atoms with Gasteiger partial charge in [0.05, 0.1) is 0 Å². The standard InChI is InChI=1S/C21H20FNO2/c1-15-13-16(7-10-19(15)22)14-23-21(24)12-9-18-8-11-20(25-18)17-5-3-2-4-6-17/h2-8,10-11,13H,9,12,14H2,1H3,(H,23,24). The van der Waals surface area contributed by atoms with E-state index in [0.29, 0.717) is 24.9 Å². The summed E-state index contributed by atoms with van der Waals surface area (Å²) in [5.41, 5.74) is 2.48. The van der Waals surface area contributed by atoms with Gasteiger partial charge in [-0.3, -0.25) is 4.79 Å².